The van der Waals surface area contributed by atoms with Gasteiger partial charge in [0.05, 0.1) is 0 Å². The van der Waals surface area contributed by atoms with Crippen LogP contribution in [-0.4, -0.2) is 34.5 Å². The summed E-state index contributed by atoms with van der Waals surface area (Å²) in [6.45, 7) is 3.95. The summed E-state index contributed by atoms with van der Waals surface area (Å²) >= 11 is 0. The summed E-state index contributed by atoms with van der Waals surface area (Å²) in [6.07, 6.45) is 1.28. The number of hydrogen-bond acceptors (Lipinski definition) is 4. The number of fused-ring (bicyclic) bond motifs is 3. The van der Waals surface area contributed by atoms with Gasteiger partial charge in [-0.25, -0.2) is 4.79 Å². The number of aromatic nitrogens is 1. The number of amides is 3. The zero-order valence-corrected chi connectivity index (χ0v) is 23.4. The lowest BCUT2D eigenvalue weighted by Gasteiger charge is -2.38. The number of carbonyl (C=O) groups is 3. The normalized spacial score (nSPS) is 17.6. The molecule has 3 aromatic carbocycles. The molecule has 0 saturated heterocycles. The van der Waals surface area contributed by atoms with Gasteiger partial charge in [-0.1, -0.05) is 87.0 Å². The molecule has 3 amide bonds. The number of aryl methyl sites for hydroxylation is 1. The van der Waals surface area contributed by atoms with Gasteiger partial charge in [-0.05, 0) is 48.1 Å². The molecule has 0 unspecified atom stereocenters. The highest BCUT2D eigenvalue weighted by atomic mass is 16.5. The molecule has 0 bridgehead atoms. The summed E-state index contributed by atoms with van der Waals surface area (Å²) in [5, 5.41) is 9.92. The number of carbonyl (C=O) groups excluding carboxylic acids is 3. The lowest BCUT2D eigenvalue weighted by atomic mass is 9.78. The fraction of sp³-hybridized carbons (Fsp3) is 0.303. The average Bonchev–Trinajstić information content (AvgIpc) is 3.37. The number of para-hydroxylation sites is 2. The van der Waals surface area contributed by atoms with Crippen LogP contribution in [0.4, 0.5) is 10.5 Å². The molecule has 4 N–H and O–H groups in total. The van der Waals surface area contributed by atoms with Gasteiger partial charge in [-0.15, -0.1) is 0 Å². The Balaban J connectivity index is 1.40. The number of H-pyrrole nitrogens is 1. The smallest absolute Gasteiger partial charge is 0.408 e. The molecule has 1 aliphatic carbocycles. The largest absolute Gasteiger partial charge is 0.445 e. The first-order valence-corrected chi connectivity index (χ1v) is 14.1. The summed E-state index contributed by atoms with van der Waals surface area (Å²) in [6, 6.07) is 25.7. The Hall–Kier alpha value is -4.59. The van der Waals surface area contributed by atoms with E-state index in [1.807, 2.05) is 98.8 Å². The Bertz CT molecular complexity index is 1520. The molecule has 0 spiro atoms. The van der Waals surface area contributed by atoms with Crippen molar-refractivity contribution >= 4 is 34.5 Å². The summed E-state index contributed by atoms with van der Waals surface area (Å²) in [5.41, 5.74) is 3.38. The minimum atomic E-state index is -1.22. The SMILES string of the molecule is CC[C@H](C)[C@H](NC(=O)OCc1ccccc1)C(=O)N[C@]1(C(=O)Nc2ccccc2)CCc2[nH]c3ccccc3c2C1. The van der Waals surface area contributed by atoms with E-state index >= 15 is 0 Å². The van der Waals surface area contributed by atoms with Gasteiger partial charge in [0.2, 0.25) is 11.8 Å². The first kappa shape index (κ1) is 28.0. The van der Waals surface area contributed by atoms with E-state index in [4.69, 9.17) is 4.74 Å². The quantitative estimate of drug-likeness (QED) is 0.220. The highest BCUT2D eigenvalue weighted by Crippen LogP contribution is 2.35. The lowest BCUT2D eigenvalue weighted by Crippen LogP contribution is -2.64. The maximum absolute atomic E-state index is 14.0. The summed E-state index contributed by atoms with van der Waals surface area (Å²) in [4.78, 5) is 44.2. The van der Waals surface area contributed by atoms with Crippen molar-refractivity contribution in [2.75, 3.05) is 5.32 Å². The number of ether oxygens (including phenoxy) is 1. The van der Waals surface area contributed by atoms with Gasteiger partial charge >= 0.3 is 6.09 Å². The Kier molecular flexibility index (Phi) is 8.38. The van der Waals surface area contributed by atoms with Gasteiger partial charge < -0.3 is 25.7 Å². The van der Waals surface area contributed by atoms with Crippen molar-refractivity contribution in [1.82, 2.24) is 15.6 Å². The molecule has 3 atom stereocenters. The van der Waals surface area contributed by atoms with Crippen molar-refractivity contribution in [2.24, 2.45) is 5.92 Å². The van der Waals surface area contributed by atoms with Gasteiger partial charge in [0, 0.05) is 28.7 Å². The number of anilines is 1. The number of hydrogen-bond donors (Lipinski definition) is 4. The van der Waals surface area contributed by atoms with E-state index in [0.29, 0.717) is 31.4 Å². The maximum atomic E-state index is 14.0. The third-order valence-corrected chi connectivity index (χ3v) is 7.99. The van der Waals surface area contributed by atoms with Crippen LogP contribution >= 0.6 is 0 Å². The number of aromatic amines is 1. The van der Waals surface area contributed by atoms with Crippen LogP contribution in [0.15, 0.2) is 84.9 Å². The molecule has 4 aromatic rings. The molecule has 1 aliphatic rings. The van der Waals surface area contributed by atoms with Gasteiger partial charge in [-0.3, -0.25) is 9.59 Å². The topological polar surface area (TPSA) is 112 Å². The predicted molar refractivity (Wildman–Crippen MR) is 159 cm³/mol. The van der Waals surface area contributed by atoms with E-state index in [9.17, 15) is 14.4 Å². The van der Waals surface area contributed by atoms with Crippen LogP contribution in [0, 0.1) is 5.92 Å². The van der Waals surface area contributed by atoms with Gasteiger partial charge in [0.1, 0.15) is 18.2 Å². The number of benzene rings is 3. The average molecular weight is 553 g/mol. The molecule has 0 fully saturated rings. The fourth-order valence-corrected chi connectivity index (χ4v) is 5.44. The fourth-order valence-electron chi connectivity index (χ4n) is 5.44. The zero-order valence-electron chi connectivity index (χ0n) is 23.4. The van der Waals surface area contributed by atoms with Crippen LogP contribution in [0.25, 0.3) is 10.9 Å². The second-order valence-corrected chi connectivity index (χ2v) is 10.8. The van der Waals surface area contributed by atoms with Gasteiger partial charge in [0.25, 0.3) is 0 Å². The summed E-state index contributed by atoms with van der Waals surface area (Å²) < 4.78 is 5.42. The monoisotopic (exact) mass is 552 g/mol. The molecule has 41 heavy (non-hydrogen) atoms. The molecule has 8 heteroatoms. The molecule has 0 saturated carbocycles. The van der Waals surface area contributed by atoms with Gasteiger partial charge in [0.15, 0.2) is 0 Å². The summed E-state index contributed by atoms with van der Waals surface area (Å²) in [5.74, 6) is -0.897. The second kappa shape index (κ2) is 12.3. The molecule has 212 valence electrons. The van der Waals surface area contributed by atoms with Crippen molar-refractivity contribution in [3.8, 4) is 0 Å². The Morgan fingerprint density at radius 2 is 1.63 bits per heavy atom. The summed E-state index contributed by atoms with van der Waals surface area (Å²) in [7, 11) is 0. The van der Waals surface area contributed by atoms with Crippen molar-refractivity contribution in [3.05, 3.63) is 102 Å². The van der Waals surface area contributed by atoms with Crippen molar-refractivity contribution in [2.45, 2.75) is 57.7 Å². The number of rotatable bonds is 9. The first-order chi connectivity index (χ1) is 19.9. The van der Waals surface area contributed by atoms with Crippen molar-refractivity contribution < 1.29 is 19.1 Å². The molecule has 0 aliphatic heterocycles. The predicted octanol–water partition coefficient (Wildman–Crippen LogP) is 5.49. The molecule has 5 rings (SSSR count). The molecule has 1 aromatic heterocycles. The molecule has 1 heterocycles. The number of nitrogens with one attached hydrogen (secondary N) is 4. The standard InChI is InChI=1S/C33H36N4O4/c1-3-22(2)29(36-32(40)41-21-23-12-6-4-7-13-23)30(38)37-33(31(39)34-24-14-8-5-9-15-24)19-18-28-26(20-33)25-16-10-11-17-27(25)35-28/h4-17,22,29,35H,3,18-21H2,1-2H3,(H,34,39)(H,36,40)(H,37,38)/t22-,29-,33+/m0/s1. The van der Waals surface area contributed by atoms with E-state index in [1.165, 1.54) is 0 Å². The minimum Gasteiger partial charge on any atom is -0.445 e. The molecule has 0 radical (unpaired) electrons. The molecular weight excluding hydrogens is 516 g/mol. The van der Waals surface area contributed by atoms with Crippen LogP contribution in [0.2, 0.25) is 0 Å². The first-order valence-electron chi connectivity index (χ1n) is 14.1. The van der Waals surface area contributed by atoms with Gasteiger partial charge in [-0.2, -0.15) is 0 Å². The Morgan fingerprint density at radius 3 is 2.37 bits per heavy atom. The van der Waals surface area contributed by atoms with E-state index in [1.54, 1.807) is 0 Å². The molecule has 8 nitrogen and oxygen atoms in total. The second-order valence-electron chi connectivity index (χ2n) is 10.8. The Morgan fingerprint density at radius 1 is 0.951 bits per heavy atom. The molecular formula is C33H36N4O4. The highest BCUT2D eigenvalue weighted by molar-refractivity contribution is 6.02. The van der Waals surface area contributed by atoms with Crippen LogP contribution in [0.1, 0.15) is 43.5 Å². The van der Waals surface area contributed by atoms with Crippen LogP contribution in [-0.2, 0) is 33.8 Å². The van der Waals surface area contributed by atoms with E-state index in [0.717, 1.165) is 27.7 Å². The van der Waals surface area contributed by atoms with E-state index < -0.39 is 23.6 Å². The zero-order chi connectivity index (χ0) is 28.8. The van der Waals surface area contributed by atoms with Crippen LogP contribution in [0.5, 0.6) is 0 Å². The minimum absolute atomic E-state index is 0.0915. The highest BCUT2D eigenvalue weighted by Gasteiger charge is 2.45. The third-order valence-electron chi connectivity index (χ3n) is 7.99. The lowest BCUT2D eigenvalue weighted by molar-refractivity contribution is -0.132. The van der Waals surface area contributed by atoms with E-state index in [2.05, 4.69) is 20.9 Å². The third kappa shape index (κ3) is 6.27. The van der Waals surface area contributed by atoms with Crippen LogP contribution in [0.3, 0.4) is 0 Å². The van der Waals surface area contributed by atoms with Crippen molar-refractivity contribution in [1.29, 1.82) is 0 Å². The Labute approximate surface area is 239 Å². The number of alkyl carbamates (subject to hydrolysis) is 1. The van der Waals surface area contributed by atoms with Crippen molar-refractivity contribution in [3.63, 3.8) is 0 Å². The van der Waals surface area contributed by atoms with E-state index in [-0.39, 0.29) is 18.4 Å². The maximum Gasteiger partial charge on any atom is 0.408 e. The van der Waals surface area contributed by atoms with Crippen LogP contribution < -0.4 is 16.0 Å².